The summed E-state index contributed by atoms with van der Waals surface area (Å²) in [6.45, 7) is 11.7. The van der Waals surface area contributed by atoms with Crippen LogP contribution in [0, 0.1) is 0 Å². The van der Waals surface area contributed by atoms with E-state index in [4.69, 9.17) is 4.74 Å². The van der Waals surface area contributed by atoms with Gasteiger partial charge in [0.2, 0.25) is 0 Å². The Morgan fingerprint density at radius 2 is 2.00 bits per heavy atom. The first-order valence-corrected chi connectivity index (χ1v) is 6.91. The second-order valence-electron chi connectivity index (χ2n) is 5.96. The van der Waals surface area contributed by atoms with Crippen molar-refractivity contribution >= 4 is 0 Å². The number of nitrogens with one attached hydrogen (secondary N) is 1. The number of hydrogen-bond donors (Lipinski definition) is 1. The smallest absolute Gasteiger partial charge is 0.120 e. The first kappa shape index (κ1) is 15.0. The Morgan fingerprint density at radius 1 is 1.28 bits per heavy atom. The molecule has 18 heavy (non-hydrogen) atoms. The van der Waals surface area contributed by atoms with Crippen molar-refractivity contribution in [1.82, 2.24) is 5.32 Å². The zero-order valence-corrected chi connectivity index (χ0v) is 12.4. The van der Waals surface area contributed by atoms with Crippen LogP contribution in [0.25, 0.3) is 0 Å². The number of hydrogen-bond acceptors (Lipinski definition) is 2. The summed E-state index contributed by atoms with van der Waals surface area (Å²) < 4.78 is 5.93. The minimum absolute atomic E-state index is 0.141. The van der Waals surface area contributed by atoms with Crippen molar-refractivity contribution in [2.45, 2.75) is 59.1 Å². The first-order chi connectivity index (χ1) is 8.40. The summed E-state index contributed by atoms with van der Waals surface area (Å²) in [4.78, 5) is 0. The zero-order chi connectivity index (χ0) is 13.6. The lowest BCUT2D eigenvalue weighted by Crippen LogP contribution is -2.41. The van der Waals surface area contributed by atoms with Crippen molar-refractivity contribution in [3.63, 3.8) is 0 Å². The molecule has 1 atom stereocenters. The summed E-state index contributed by atoms with van der Waals surface area (Å²) in [5.41, 5.74) is 1.49. The van der Waals surface area contributed by atoms with Gasteiger partial charge in [-0.05, 0) is 51.8 Å². The van der Waals surface area contributed by atoms with Crippen LogP contribution >= 0.6 is 0 Å². The average Bonchev–Trinajstić information content (AvgIpc) is 2.26. The second kappa shape index (κ2) is 6.79. The van der Waals surface area contributed by atoms with Crippen molar-refractivity contribution in [3.05, 3.63) is 29.8 Å². The van der Waals surface area contributed by atoms with Crippen LogP contribution in [0.3, 0.4) is 0 Å². The molecule has 0 radical (unpaired) electrons. The van der Waals surface area contributed by atoms with Crippen molar-refractivity contribution in [2.24, 2.45) is 0 Å². The highest BCUT2D eigenvalue weighted by atomic mass is 16.5. The van der Waals surface area contributed by atoms with Gasteiger partial charge in [0, 0.05) is 12.1 Å². The summed E-state index contributed by atoms with van der Waals surface area (Å²) >= 11 is 0. The van der Waals surface area contributed by atoms with Gasteiger partial charge in [-0.25, -0.2) is 0 Å². The molecule has 1 rings (SSSR count). The second-order valence-corrected chi connectivity index (χ2v) is 5.96. The average molecular weight is 249 g/mol. The molecule has 0 fully saturated rings. The van der Waals surface area contributed by atoms with E-state index in [0.717, 1.165) is 18.7 Å². The van der Waals surface area contributed by atoms with Crippen LogP contribution in [0.2, 0.25) is 0 Å². The fraction of sp³-hybridized carbons (Fsp3) is 0.625. The van der Waals surface area contributed by atoms with Gasteiger partial charge in [0.25, 0.3) is 0 Å². The monoisotopic (exact) mass is 249 g/mol. The van der Waals surface area contributed by atoms with E-state index in [-0.39, 0.29) is 11.6 Å². The van der Waals surface area contributed by atoms with Crippen LogP contribution in [-0.4, -0.2) is 18.2 Å². The summed E-state index contributed by atoms with van der Waals surface area (Å²) in [5.74, 6) is 0.976. The van der Waals surface area contributed by atoms with Crippen LogP contribution < -0.4 is 10.1 Å². The lowest BCUT2D eigenvalue weighted by atomic mass is 10.1. The minimum Gasteiger partial charge on any atom is -0.489 e. The van der Waals surface area contributed by atoms with Gasteiger partial charge >= 0.3 is 0 Å². The lowest BCUT2D eigenvalue weighted by molar-refractivity contribution is 0.203. The Labute approximate surface area is 112 Å². The fourth-order valence-electron chi connectivity index (χ4n) is 1.79. The lowest BCUT2D eigenvalue weighted by Gasteiger charge is -2.24. The van der Waals surface area contributed by atoms with Gasteiger partial charge in [0.1, 0.15) is 11.9 Å². The van der Waals surface area contributed by atoms with E-state index in [1.807, 2.05) is 6.07 Å². The number of benzene rings is 1. The number of ether oxygens (including phenoxy) is 1. The van der Waals surface area contributed by atoms with E-state index in [1.54, 1.807) is 0 Å². The Kier molecular flexibility index (Phi) is 5.67. The number of aryl methyl sites for hydroxylation is 1. The minimum atomic E-state index is 0.141. The van der Waals surface area contributed by atoms with Crippen molar-refractivity contribution in [3.8, 4) is 5.75 Å². The fourth-order valence-corrected chi connectivity index (χ4v) is 1.79. The topological polar surface area (TPSA) is 21.3 Å². The third kappa shape index (κ3) is 6.06. The number of rotatable bonds is 6. The van der Waals surface area contributed by atoms with E-state index in [9.17, 15) is 0 Å². The van der Waals surface area contributed by atoms with Crippen molar-refractivity contribution in [1.29, 1.82) is 0 Å². The predicted molar refractivity (Wildman–Crippen MR) is 78.3 cm³/mol. The van der Waals surface area contributed by atoms with Crippen LogP contribution in [0.5, 0.6) is 5.75 Å². The molecule has 0 bridgehead atoms. The first-order valence-electron chi connectivity index (χ1n) is 6.91. The molecule has 0 saturated carbocycles. The van der Waals surface area contributed by atoms with E-state index in [1.165, 1.54) is 12.0 Å². The van der Waals surface area contributed by atoms with E-state index < -0.39 is 0 Å². The zero-order valence-electron chi connectivity index (χ0n) is 12.4. The third-order valence-electron chi connectivity index (χ3n) is 2.69. The van der Waals surface area contributed by atoms with E-state index in [0.29, 0.717) is 0 Å². The molecule has 2 heteroatoms. The van der Waals surface area contributed by atoms with Gasteiger partial charge in [-0.15, -0.1) is 0 Å². The largest absolute Gasteiger partial charge is 0.489 e. The molecule has 0 aromatic heterocycles. The molecular formula is C16H27NO. The molecule has 0 heterocycles. The highest BCUT2D eigenvalue weighted by Gasteiger charge is 2.11. The summed E-state index contributed by atoms with van der Waals surface area (Å²) in [7, 11) is 0. The van der Waals surface area contributed by atoms with Crippen LogP contribution in [0.15, 0.2) is 24.3 Å². The van der Waals surface area contributed by atoms with Crippen molar-refractivity contribution < 1.29 is 4.74 Å². The molecule has 0 spiro atoms. The Balaban J connectivity index is 2.48. The van der Waals surface area contributed by atoms with Crippen LogP contribution in [-0.2, 0) is 6.42 Å². The predicted octanol–water partition coefficient (Wildman–Crippen LogP) is 3.79. The maximum Gasteiger partial charge on any atom is 0.120 e. The quantitative estimate of drug-likeness (QED) is 0.828. The SMILES string of the molecule is CCCc1cccc(O[C@H](C)CNC(C)(C)C)c1. The molecule has 0 aliphatic carbocycles. The molecule has 1 aromatic rings. The molecule has 0 saturated heterocycles. The van der Waals surface area contributed by atoms with E-state index in [2.05, 4.69) is 58.1 Å². The van der Waals surface area contributed by atoms with Crippen molar-refractivity contribution in [2.75, 3.05) is 6.54 Å². The summed E-state index contributed by atoms with van der Waals surface area (Å²) in [5, 5.41) is 3.46. The maximum absolute atomic E-state index is 5.93. The molecule has 1 aromatic carbocycles. The normalized spacial score (nSPS) is 13.4. The molecule has 1 N–H and O–H groups in total. The van der Waals surface area contributed by atoms with Gasteiger partial charge in [-0.1, -0.05) is 25.5 Å². The molecule has 0 unspecified atom stereocenters. The van der Waals surface area contributed by atoms with Gasteiger partial charge in [-0.3, -0.25) is 0 Å². The molecular weight excluding hydrogens is 222 g/mol. The van der Waals surface area contributed by atoms with Gasteiger partial charge in [0.15, 0.2) is 0 Å². The molecule has 102 valence electrons. The van der Waals surface area contributed by atoms with Crippen LogP contribution in [0.4, 0.5) is 0 Å². The standard InChI is InChI=1S/C16H27NO/c1-6-8-14-9-7-10-15(11-14)18-13(2)12-17-16(3,4)5/h7,9-11,13,17H,6,8,12H2,1-5H3/t13-/m1/s1. The summed E-state index contributed by atoms with van der Waals surface area (Å²) in [6, 6.07) is 8.42. The highest BCUT2D eigenvalue weighted by Crippen LogP contribution is 2.16. The maximum atomic E-state index is 5.93. The Hall–Kier alpha value is -1.02. The third-order valence-corrected chi connectivity index (χ3v) is 2.69. The molecule has 2 nitrogen and oxygen atoms in total. The Morgan fingerprint density at radius 3 is 2.61 bits per heavy atom. The summed E-state index contributed by atoms with van der Waals surface area (Å²) in [6.07, 6.45) is 2.47. The van der Waals surface area contributed by atoms with Gasteiger partial charge in [-0.2, -0.15) is 0 Å². The molecule has 0 aliphatic rings. The van der Waals surface area contributed by atoms with Gasteiger partial charge < -0.3 is 10.1 Å². The molecule has 0 aliphatic heterocycles. The van der Waals surface area contributed by atoms with E-state index >= 15 is 0 Å². The van der Waals surface area contributed by atoms with Crippen LogP contribution in [0.1, 0.15) is 46.6 Å². The Bertz CT molecular complexity index is 354. The molecule has 0 amide bonds. The highest BCUT2D eigenvalue weighted by molar-refractivity contribution is 5.28. The van der Waals surface area contributed by atoms with Gasteiger partial charge in [0.05, 0.1) is 0 Å².